The molecule has 1 aliphatic carbocycles. The highest BCUT2D eigenvalue weighted by Crippen LogP contribution is 2.40. The van der Waals surface area contributed by atoms with Crippen LogP contribution in [0.3, 0.4) is 0 Å². The SMILES string of the molecule is CC1(C)CCC(CC2(CNC3CC3)CCOC2)O1. The number of ether oxygens (including phenoxy) is 2. The highest BCUT2D eigenvalue weighted by molar-refractivity contribution is 4.93. The van der Waals surface area contributed by atoms with Crippen LogP contribution in [-0.2, 0) is 9.47 Å². The van der Waals surface area contributed by atoms with Gasteiger partial charge in [0.1, 0.15) is 0 Å². The van der Waals surface area contributed by atoms with Crippen molar-refractivity contribution in [2.45, 2.75) is 70.1 Å². The first-order valence-electron chi connectivity index (χ1n) is 7.56. The third kappa shape index (κ3) is 3.06. The van der Waals surface area contributed by atoms with Crippen molar-refractivity contribution in [2.75, 3.05) is 19.8 Å². The third-order valence-corrected chi connectivity index (χ3v) is 4.74. The van der Waals surface area contributed by atoms with Gasteiger partial charge in [-0.05, 0) is 52.4 Å². The Hall–Kier alpha value is -0.120. The Balaban J connectivity index is 1.55. The lowest BCUT2D eigenvalue weighted by Gasteiger charge is -2.31. The molecule has 2 unspecified atom stereocenters. The van der Waals surface area contributed by atoms with Crippen LogP contribution in [0.1, 0.15) is 52.4 Å². The standard InChI is InChI=1S/C15H27NO2/c1-14(2)6-5-13(18-14)9-15(7-8-17-11-15)10-16-12-3-4-12/h12-13,16H,3-11H2,1-2H3. The first-order valence-corrected chi connectivity index (χ1v) is 7.56. The largest absolute Gasteiger partial charge is 0.381 e. The average Bonchev–Trinajstić information content (AvgIpc) is 2.94. The summed E-state index contributed by atoms with van der Waals surface area (Å²) in [7, 11) is 0. The molecule has 2 heterocycles. The molecular weight excluding hydrogens is 226 g/mol. The minimum atomic E-state index is 0.0925. The molecule has 0 aromatic rings. The van der Waals surface area contributed by atoms with E-state index < -0.39 is 0 Å². The summed E-state index contributed by atoms with van der Waals surface area (Å²) >= 11 is 0. The Morgan fingerprint density at radius 2 is 2.00 bits per heavy atom. The molecule has 1 N–H and O–H groups in total. The van der Waals surface area contributed by atoms with Crippen LogP contribution >= 0.6 is 0 Å². The van der Waals surface area contributed by atoms with Crippen LogP contribution in [0.15, 0.2) is 0 Å². The molecule has 3 rings (SSSR count). The summed E-state index contributed by atoms with van der Waals surface area (Å²) in [6, 6.07) is 0.795. The fourth-order valence-electron chi connectivity index (χ4n) is 3.37. The van der Waals surface area contributed by atoms with Crippen molar-refractivity contribution in [3.8, 4) is 0 Å². The van der Waals surface area contributed by atoms with Crippen LogP contribution in [-0.4, -0.2) is 37.5 Å². The van der Waals surface area contributed by atoms with Crippen molar-refractivity contribution >= 4 is 0 Å². The van der Waals surface area contributed by atoms with Gasteiger partial charge in [0, 0.05) is 24.6 Å². The van der Waals surface area contributed by atoms with Crippen LogP contribution in [0.4, 0.5) is 0 Å². The number of hydrogen-bond acceptors (Lipinski definition) is 3. The number of hydrogen-bond donors (Lipinski definition) is 1. The van der Waals surface area contributed by atoms with Crippen LogP contribution in [0.5, 0.6) is 0 Å². The molecule has 3 fully saturated rings. The highest BCUT2D eigenvalue weighted by Gasteiger charge is 2.42. The fraction of sp³-hybridized carbons (Fsp3) is 1.00. The lowest BCUT2D eigenvalue weighted by Crippen LogP contribution is -2.39. The summed E-state index contributed by atoms with van der Waals surface area (Å²) in [5.74, 6) is 0. The van der Waals surface area contributed by atoms with Crippen molar-refractivity contribution in [1.29, 1.82) is 0 Å². The fourth-order valence-corrected chi connectivity index (χ4v) is 3.37. The van der Waals surface area contributed by atoms with E-state index in [9.17, 15) is 0 Å². The second-order valence-corrected chi connectivity index (χ2v) is 7.20. The summed E-state index contributed by atoms with van der Waals surface area (Å²) in [4.78, 5) is 0. The van der Waals surface area contributed by atoms with Gasteiger partial charge in [0.15, 0.2) is 0 Å². The Labute approximate surface area is 111 Å². The molecular formula is C15H27NO2. The van der Waals surface area contributed by atoms with E-state index in [1.807, 2.05) is 0 Å². The van der Waals surface area contributed by atoms with Gasteiger partial charge in [-0.3, -0.25) is 0 Å². The molecule has 0 bridgehead atoms. The van der Waals surface area contributed by atoms with E-state index >= 15 is 0 Å². The molecule has 3 aliphatic rings. The van der Waals surface area contributed by atoms with Crippen LogP contribution in [0, 0.1) is 5.41 Å². The Kier molecular flexibility index (Phi) is 3.41. The van der Waals surface area contributed by atoms with E-state index in [0.717, 1.165) is 25.8 Å². The maximum Gasteiger partial charge on any atom is 0.0631 e. The van der Waals surface area contributed by atoms with Gasteiger partial charge < -0.3 is 14.8 Å². The molecule has 0 radical (unpaired) electrons. The number of nitrogens with one attached hydrogen (secondary N) is 1. The van der Waals surface area contributed by atoms with Crippen molar-refractivity contribution in [3.05, 3.63) is 0 Å². The van der Waals surface area contributed by atoms with Crippen LogP contribution in [0.2, 0.25) is 0 Å². The van der Waals surface area contributed by atoms with E-state index in [1.165, 1.54) is 38.5 Å². The van der Waals surface area contributed by atoms with E-state index in [0.29, 0.717) is 11.5 Å². The van der Waals surface area contributed by atoms with E-state index in [2.05, 4.69) is 19.2 Å². The Morgan fingerprint density at radius 3 is 2.56 bits per heavy atom. The van der Waals surface area contributed by atoms with Gasteiger partial charge in [0.2, 0.25) is 0 Å². The quantitative estimate of drug-likeness (QED) is 0.816. The number of rotatable bonds is 5. The minimum absolute atomic E-state index is 0.0925. The summed E-state index contributed by atoms with van der Waals surface area (Å²) in [6.07, 6.45) is 7.97. The second-order valence-electron chi connectivity index (χ2n) is 7.20. The lowest BCUT2D eigenvalue weighted by molar-refractivity contribution is -0.0368. The molecule has 18 heavy (non-hydrogen) atoms. The normalized spacial score (nSPS) is 39.3. The predicted molar refractivity (Wildman–Crippen MR) is 71.7 cm³/mol. The van der Waals surface area contributed by atoms with Gasteiger partial charge in [-0.2, -0.15) is 0 Å². The minimum Gasteiger partial charge on any atom is -0.381 e. The zero-order valence-electron chi connectivity index (χ0n) is 11.8. The predicted octanol–water partition coefficient (Wildman–Crippen LogP) is 2.49. The highest BCUT2D eigenvalue weighted by atomic mass is 16.5. The van der Waals surface area contributed by atoms with E-state index in [4.69, 9.17) is 9.47 Å². The van der Waals surface area contributed by atoms with Gasteiger partial charge in [0.05, 0.1) is 18.3 Å². The van der Waals surface area contributed by atoms with Crippen molar-refractivity contribution in [1.82, 2.24) is 5.32 Å². The monoisotopic (exact) mass is 253 g/mol. The van der Waals surface area contributed by atoms with Gasteiger partial charge >= 0.3 is 0 Å². The van der Waals surface area contributed by atoms with Gasteiger partial charge in [-0.25, -0.2) is 0 Å². The molecule has 3 heteroatoms. The molecule has 2 aliphatic heterocycles. The third-order valence-electron chi connectivity index (χ3n) is 4.74. The second kappa shape index (κ2) is 4.77. The summed E-state index contributed by atoms with van der Waals surface area (Å²) in [6.45, 7) is 7.41. The van der Waals surface area contributed by atoms with E-state index in [-0.39, 0.29) is 5.60 Å². The van der Waals surface area contributed by atoms with Gasteiger partial charge in [0.25, 0.3) is 0 Å². The molecule has 0 aromatic heterocycles. The average molecular weight is 253 g/mol. The molecule has 1 saturated carbocycles. The van der Waals surface area contributed by atoms with Crippen LogP contribution < -0.4 is 5.32 Å². The van der Waals surface area contributed by atoms with Crippen molar-refractivity contribution in [3.63, 3.8) is 0 Å². The Morgan fingerprint density at radius 1 is 1.17 bits per heavy atom. The summed E-state index contributed by atoms with van der Waals surface area (Å²) < 4.78 is 11.9. The first kappa shape index (κ1) is 12.9. The van der Waals surface area contributed by atoms with Crippen LogP contribution in [0.25, 0.3) is 0 Å². The molecule has 0 aromatic carbocycles. The Bertz CT molecular complexity index is 293. The molecule has 104 valence electrons. The topological polar surface area (TPSA) is 30.5 Å². The maximum absolute atomic E-state index is 6.17. The maximum atomic E-state index is 6.17. The van der Waals surface area contributed by atoms with Crippen molar-refractivity contribution < 1.29 is 9.47 Å². The lowest BCUT2D eigenvalue weighted by atomic mass is 9.81. The zero-order valence-corrected chi connectivity index (χ0v) is 11.8. The van der Waals surface area contributed by atoms with Crippen molar-refractivity contribution in [2.24, 2.45) is 5.41 Å². The molecule has 2 atom stereocenters. The first-order chi connectivity index (χ1) is 8.57. The summed E-state index contributed by atoms with van der Waals surface area (Å²) in [5.41, 5.74) is 0.433. The molecule has 3 nitrogen and oxygen atoms in total. The summed E-state index contributed by atoms with van der Waals surface area (Å²) in [5, 5.41) is 3.70. The smallest absolute Gasteiger partial charge is 0.0631 e. The zero-order chi connectivity index (χ0) is 12.6. The molecule has 2 saturated heterocycles. The molecule has 0 amide bonds. The van der Waals surface area contributed by atoms with Gasteiger partial charge in [-0.15, -0.1) is 0 Å². The van der Waals surface area contributed by atoms with E-state index in [1.54, 1.807) is 0 Å². The molecule has 0 spiro atoms. The van der Waals surface area contributed by atoms with Gasteiger partial charge in [-0.1, -0.05) is 0 Å².